The first-order valence-corrected chi connectivity index (χ1v) is 4.76. The molecule has 0 unspecified atom stereocenters. The third kappa shape index (κ3) is 1.56. The fourth-order valence-electron chi connectivity index (χ4n) is 1.84. The molecule has 0 bridgehead atoms. The van der Waals surface area contributed by atoms with Gasteiger partial charge in [-0.25, -0.2) is 0 Å². The van der Waals surface area contributed by atoms with Crippen LogP contribution in [0.2, 0.25) is 0 Å². The van der Waals surface area contributed by atoms with Gasteiger partial charge < -0.3 is 10.1 Å². The van der Waals surface area contributed by atoms with Crippen LogP contribution in [0.25, 0.3) is 0 Å². The normalized spacial score (nSPS) is 27.5. The van der Waals surface area contributed by atoms with Crippen LogP contribution in [0.15, 0.2) is 0 Å². The summed E-state index contributed by atoms with van der Waals surface area (Å²) in [6.45, 7) is 7.15. The van der Waals surface area contributed by atoms with Gasteiger partial charge in [0.1, 0.15) is 12.2 Å². The first-order chi connectivity index (χ1) is 6.11. The lowest BCUT2D eigenvalue weighted by Gasteiger charge is -2.52. The molecule has 2 saturated heterocycles. The van der Waals surface area contributed by atoms with Gasteiger partial charge >= 0.3 is 0 Å². The molecule has 0 radical (unpaired) electrons. The number of nitrogens with zero attached hydrogens (tertiary/aromatic N) is 1. The van der Waals surface area contributed by atoms with Crippen molar-refractivity contribution in [2.24, 2.45) is 0 Å². The summed E-state index contributed by atoms with van der Waals surface area (Å²) in [6.07, 6.45) is 0. The Hall–Kier alpha value is -0.610. The second-order valence-electron chi connectivity index (χ2n) is 4.25. The summed E-state index contributed by atoms with van der Waals surface area (Å²) in [5.41, 5.74) is -0.0713. The van der Waals surface area contributed by atoms with E-state index in [0.29, 0.717) is 12.6 Å². The molecule has 1 N–H and O–H groups in total. The Labute approximate surface area is 78.2 Å². The Morgan fingerprint density at radius 2 is 2.23 bits per heavy atom. The molecule has 4 nitrogen and oxygen atoms in total. The number of nitrogens with one attached hydrogen (secondary N) is 1. The van der Waals surface area contributed by atoms with Crippen molar-refractivity contribution in [1.29, 1.82) is 0 Å². The molecule has 2 aliphatic heterocycles. The summed E-state index contributed by atoms with van der Waals surface area (Å²) in [6, 6.07) is 0.576. The average molecular weight is 184 g/mol. The van der Waals surface area contributed by atoms with Crippen LogP contribution in [-0.2, 0) is 9.53 Å². The highest BCUT2D eigenvalue weighted by molar-refractivity contribution is 5.78. The predicted octanol–water partition coefficient (Wildman–Crippen LogP) is -0.404. The van der Waals surface area contributed by atoms with Gasteiger partial charge in [0.05, 0.1) is 0 Å². The smallest absolute Gasteiger partial charge is 0.246 e. The second-order valence-corrected chi connectivity index (χ2v) is 4.25. The van der Waals surface area contributed by atoms with Crippen LogP contribution < -0.4 is 5.32 Å². The zero-order valence-electron chi connectivity index (χ0n) is 8.17. The summed E-state index contributed by atoms with van der Waals surface area (Å²) in [7, 11) is 0. The summed E-state index contributed by atoms with van der Waals surface area (Å²) in [4.78, 5) is 13.2. The standard InChI is InChI=1S/C9H16N2O2/c1-7(2)11-5-9(6-11)4-10-8(12)3-13-9/h7H,3-6H2,1-2H3,(H,10,12). The molecule has 1 amide bonds. The molecule has 2 aliphatic rings. The molecule has 4 heteroatoms. The van der Waals surface area contributed by atoms with Gasteiger partial charge in [0, 0.05) is 25.7 Å². The van der Waals surface area contributed by atoms with E-state index in [1.54, 1.807) is 0 Å². The minimum atomic E-state index is -0.0713. The quantitative estimate of drug-likeness (QED) is 0.602. The Morgan fingerprint density at radius 1 is 1.54 bits per heavy atom. The first-order valence-electron chi connectivity index (χ1n) is 4.76. The van der Waals surface area contributed by atoms with Crippen LogP contribution in [0.5, 0.6) is 0 Å². The minimum Gasteiger partial charge on any atom is -0.361 e. The molecule has 2 fully saturated rings. The molecule has 0 aliphatic carbocycles. The molecule has 1 spiro atoms. The largest absolute Gasteiger partial charge is 0.361 e. The van der Waals surface area contributed by atoms with Crippen LogP contribution in [0, 0.1) is 0 Å². The maximum absolute atomic E-state index is 10.9. The maximum Gasteiger partial charge on any atom is 0.246 e. The number of hydrogen-bond donors (Lipinski definition) is 1. The molecule has 13 heavy (non-hydrogen) atoms. The van der Waals surface area contributed by atoms with Crippen molar-refractivity contribution in [3.8, 4) is 0 Å². The molecule has 0 saturated carbocycles. The van der Waals surface area contributed by atoms with Crippen molar-refractivity contribution < 1.29 is 9.53 Å². The van der Waals surface area contributed by atoms with Gasteiger partial charge in [-0.05, 0) is 13.8 Å². The number of morpholine rings is 1. The number of likely N-dealkylation sites (tertiary alicyclic amines) is 1. The third-order valence-electron chi connectivity index (χ3n) is 2.83. The highest BCUT2D eigenvalue weighted by Crippen LogP contribution is 2.27. The molecule has 0 aromatic carbocycles. The number of carbonyl (C=O) groups excluding carboxylic acids is 1. The Bertz CT molecular complexity index is 210. The number of amides is 1. The van der Waals surface area contributed by atoms with E-state index in [0.717, 1.165) is 13.1 Å². The summed E-state index contributed by atoms with van der Waals surface area (Å²) >= 11 is 0. The number of rotatable bonds is 1. The van der Waals surface area contributed by atoms with E-state index in [4.69, 9.17) is 4.74 Å². The molecule has 2 heterocycles. The van der Waals surface area contributed by atoms with Crippen molar-refractivity contribution in [3.63, 3.8) is 0 Å². The summed E-state index contributed by atoms with van der Waals surface area (Å²) < 4.78 is 5.54. The van der Waals surface area contributed by atoms with Crippen LogP contribution in [0.1, 0.15) is 13.8 Å². The lowest BCUT2D eigenvalue weighted by atomic mass is 9.91. The number of ether oxygens (including phenoxy) is 1. The predicted molar refractivity (Wildman–Crippen MR) is 48.4 cm³/mol. The van der Waals surface area contributed by atoms with Crippen molar-refractivity contribution in [3.05, 3.63) is 0 Å². The van der Waals surface area contributed by atoms with Crippen molar-refractivity contribution in [1.82, 2.24) is 10.2 Å². The highest BCUT2D eigenvalue weighted by Gasteiger charge is 2.47. The summed E-state index contributed by atoms with van der Waals surface area (Å²) in [5.74, 6) is 0.00798. The van der Waals surface area contributed by atoms with E-state index < -0.39 is 0 Å². The van der Waals surface area contributed by atoms with Gasteiger partial charge in [-0.1, -0.05) is 0 Å². The van der Waals surface area contributed by atoms with Gasteiger partial charge in [-0.15, -0.1) is 0 Å². The van der Waals surface area contributed by atoms with Crippen molar-refractivity contribution >= 4 is 5.91 Å². The average Bonchev–Trinajstić information content (AvgIpc) is 2.02. The van der Waals surface area contributed by atoms with E-state index in [2.05, 4.69) is 24.1 Å². The van der Waals surface area contributed by atoms with Crippen LogP contribution >= 0.6 is 0 Å². The van der Waals surface area contributed by atoms with Crippen LogP contribution in [-0.4, -0.2) is 48.7 Å². The molecular formula is C9H16N2O2. The maximum atomic E-state index is 10.9. The van der Waals surface area contributed by atoms with E-state index >= 15 is 0 Å². The zero-order chi connectivity index (χ0) is 9.47. The molecule has 0 aromatic heterocycles. The SMILES string of the molecule is CC(C)N1CC2(CNC(=O)CO2)C1. The van der Waals surface area contributed by atoms with E-state index in [1.165, 1.54) is 0 Å². The Morgan fingerprint density at radius 3 is 2.69 bits per heavy atom. The molecule has 0 atom stereocenters. The number of carbonyl (C=O) groups is 1. The van der Waals surface area contributed by atoms with Crippen molar-refractivity contribution in [2.75, 3.05) is 26.2 Å². The summed E-state index contributed by atoms with van der Waals surface area (Å²) in [5, 5.41) is 2.84. The number of hydrogen-bond acceptors (Lipinski definition) is 3. The van der Waals surface area contributed by atoms with Gasteiger partial charge in [-0.2, -0.15) is 0 Å². The fraction of sp³-hybridized carbons (Fsp3) is 0.889. The molecule has 0 aromatic rings. The lowest BCUT2D eigenvalue weighted by molar-refractivity contribution is -0.177. The van der Waals surface area contributed by atoms with E-state index in [1.807, 2.05) is 0 Å². The van der Waals surface area contributed by atoms with Crippen molar-refractivity contribution in [2.45, 2.75) is 25.5 Å². The molecular weight excluding hydrogens is 168 g/mol. The Kier molecular flexibility index (Phi) is 2.04. The molecule has 2 rings (SSSR count). The van der Waals surface area contributed by atoms with Gasteiger partial charge in [0.25, 0.3) is 0 Å². The van der Waals surface area contributed by atoms with Crippen LogP contribution in [0.3, 0.4) is 0 Å². The topological polar surface area (TPSA) is 41.6 Å². The van der Waals surface area contributed by atoms with E-state index in [-0.39, 0.29) is 18.1 Å². The first kappa shape index (κ1) is 8.97. The van der Waals surface area contributed by atoms with Gasteiger partial charge in [-0.3, -0.25) is 9.69 Å². The highest BCUT2D eigenvalue weighted by atomic mass is 16.5. The third-order valence-corrected chi connectivity index (χ3v) is 2.83. The monoisotopic (exact) mass is 184 g/mol. The molecule has 74 valence electrons. The fourth-order valence-corrected chi connectivity index (χ4v) is 1.84. The van der Waals surface area contributed by atoms with Crippen LogP contribution in [0.4, 0.5) is 0 Å². The van der Waals surface area contributed by atoms with E-state index in [9.17, 15) is 4.79 Å². The minimum absolute atomic E-state index is 0.00798. The van der Waals surface area contributed by atoms with Gasteiger partial charge in [0.2, 0.25) is 5.91 Å². The zero-order valence-corrected chi connectivity index (χ0v) is 8.17. The van der Waals surface area contributed by atoms with Gasteiger partial charge in [0.15, 0.2) is 0 Å². The Balaban J connectivity index is 1.86. The second kappa shape index (κ2) is 2.96. The lowest BCUT2D eigenvalue weighted by Crippen LogP contribution is -2.71.